The summed E-state index contributed by atoms with van der Waals surface area (Å²) in [7, 11) is 1.26. The third kappa shape index (κ3) is 5.79. The highest BCUT2D eigenvalue weighted by atomic mass is 19.1. The van der Waals surface area contributed by atoms with Crippen LogP contribution in [0, 0.1) is 12.7 Å². The van der Waals surface area contributed by atoms with Gasteiger partial charge in [0.1, 0.15) is 17.6 Å². The Morgan fingerprint density at radius 1 is 1.15 bits per heavy atom. The van der Waals surface area contributed by atoms with E-state index in [-0.39, 0.29) is 18.3 Å². The van der Waals surface area contributed by atoms with Crippen molar-refractivity contribution in [2.45, 2.75) is 19.9 Å². The van der Waals surface area contributed by atoms with Crippen molar-refractivity contribution >= 4 is 17.6 Å². The van der Waals surface area contributed by atoms with Crippen LogP contribution in [0.1, 0.15) is 24.1 Å². The fourth-order valence-electron chi connectivity index (χ4n) is 2.50. The second-order valence-electron chi connectivity index (χ2n) is 5.85. The predicted octanol–water partition coefficient (Wildman–Crippen LogP) is 2.98. The number of nitrogens with one attached hydrogen (secondary N) is 2. The van der Waals surface area contributed by atoms with Crippen LogP contribution in [0.5, 0.6) is 5.75 Å². The third-order valence-electron chi connectivity index (χ3n) is 3.87. The average Bonchev–Trinajstić information content (AvgIpc) is 2.66. The maximum absolute atomic E-state index is 13.5. The van der Waals surface area contributed by atoms with Gasteiger partial charge in [0.2, 0.25) is 5.91 Å². The number of halogens is 1. The van der Waals surface area contributed by atoms with Crippen molar-refractivity contribution in [3.63, 3.8) is 0 Å². The Balaban J connectivity index is 2.00. The predicted molar refractivity (Wildman–Crippen MR) is 100 cm³/mol. The van der Waals surface area contributed by atoms with E-state index in [0.717, 1.165) is 0 Å². The Morgan fingerprint density at radius 3 is 2.44 bits per heavy atom. The number of hydrogen-bond acceptors (Lipinski definition) is 5. The van der Waals surface area contributed by atoms with E-state index < -0.39 is 12.0 Å². The normalized spacial score (nSPS) is 11.6. The van der Waals surface area contributed by atoms with E-state index in [0.29, 0.717) is 29.2 Å². The zero-order valence-corrected chi connectivity index (χ0v) is 15.5. The second-order valence-corrected chi connectivity index (χ2v) is 5.85. The van der Waals surface area contributed by atoms with E-state index in [9.17, 15) is 14.0 Å². The fourth-order valence-corrected chi connectivity index (χ4v) is 2.50. The molecule has 27 heavy (non-hydrogen) atoms. The van der Waals surface area contributed by atoms with E-state index in [1.807, 2.05) is 6.92 Å². The average molecular weight is 374 g/mol. The van der Waals surface area contributed by atoms with Gasteiger partial charge in [0.15, 0.2) is 0 Å². The topological polar surface area (TPSA) is 76.7 Å². The Labute approximate surface area is 157 Å². The summed E-state index contributed by atoms with van der Waals surface area (Å²) in [4.78, 5) is 24.2. The molecule has 0 bridgehead atoms. The van der Waals surface area contributed by atoms with Gasteiger partial charge in [-0.15, -0.1) is 0 Å². The van der Waals surface area contributed by atoms with Crippen LogP contribution in [-0.2, 0) is 14.3 Å². The van der Waals surface area contributed by atoms with Crippen molar-refractivity contribution in [3.8, 4) is 5.75 Å². The minimum absolute atomic E-state index is 0.122. The molecule has 1 amide bonds. The molecule has 0 heterocycles. The number of methoxy groups -OCH3 is 1. The minimum Gasteiger partial charge on any atom is -0.494 e. The van der Waals surface area contributed by atoms with Crippen LogP contribution in [0.15, 0.2) is 42.5 Å². The standard InChI is InChI=1S/C20H23FN2O4/c1-4-27-16-8-6-15(7-9-16)23-18(24)12-22-19(20(25)26-3)14-5-10-17(21)13(2)11-14/h5-11,19,22H,4,12H2,1-3H3,(H,23,24). The molecule has 1 atom stereocenters. The molecule has 2 aromatic carbocycles. The number of anilines is 1. The summed E-state index contributed by atoms with van der Waals surface area (Å²) in [5.74, 6) is -0.538. The molecule has 0 spiro atoms. The molecule has 2 aromatic rings. The number of esters is 1. The molecule has 0 radical (unpaired) electrons. The summed E-state index contributed by atoms with van der Waals surface area (Å²) in [6, 6.07) is 10.4. The van der Waals surface area contributed by atoms with Crippen molar-refractivity contribution in [2.24, 2.45) is 0 Å². The lowest BCUT2D eigenvalue weighted by Gasteiger charge is -2.17. The third-order valence-corrected chi connectivity index (χ3v) is 3.87. The van der Waals surface area contributed by atoms with Gasteiger partial charge in [-0.2, -0.15) is 0 Å². The lowest BCUT2D eigenvalue weighted by atomic mass is 10.0. The summed E-state index contributed by atoms with van der Waals surface area (Å²) in [5.41, 5.74) is 1.54. The molecule has 6 nitrogen and oxygen atoms in total. The number of ether oxygens (including phenoxy) is 2. The van der Waals surface area contributed by atoms with E-state index in [4.69, 9.17) is 9.47 Å². The maximum atomic E-state index is 13.5. The zero-order valence-electron chi connectivity index (χ0n) is 15.5. The van der Waals surface area contributed by atoms with Crippen molar-refractivity contribution < 1.29 is 23.5 Å². The van der Waals surface area contributed by atoms with Crippen molar-refractivity contribution in [2.75, 3.05) is 25.6 Å². The van der Waals surface area contributed by atoms with Gasteiger partial charge in [-0.25, -0.2) is 9.18 Å². The summed E-state index contributed by atoms with van der Waals surface area (Å²) in [6.07, 6.45) is 0. The quantitative estimate of drug-likeness (QED) is 0.695. The molecule has 0 saturated carbocycles. The summed E-state index contributed by atoms with van der Waals surface area (Å²) < 4.78 is 23.6. The largest absolute Gasteiger partial charge is 0.494 e. The van der Waals surface area contributed by atoms with Crippen LogP contribution in [0.2, 0.25) is 0 Å². The lowest BCUT2D eigenvalue weighted by molar-refractivity contribution is -0.143. The van der Waals surface area contributed by atoms with Crippen LogP contribution < -0.4 is 15.4 Å². The van der Waals surface area contributed by atoms with Gasteiger partial charge < -0.3 is 14.8 Å². The van der Waals surface area contributed by atoms with Gasteiger partial charge >= 0.3 is 5.97 Å². The maximum Gasteiger partial charge on any atom is 0.327 e. The first-order chi connectivity index (χ1) is 12.9. The van der Waals surface area contributed by atoms with Crippen LogP contribution >= 0.6 is 0 Å². The zero-order chi connectivity index (χ0) is 19.8. The van der Waals surface area contributed by atoms with E-state index in [1.54, 1.807) is 37.3 Å². The summed E-state index contributed by atoms with van der Waals surface area (Å²) >= 11 is 0. The van der Waals surface area contributed by atoms with Crippen LogP contribution in [0.3, 0.4) is 0 Å². The van der Waals surface area contributed by atoms with Gasteiger partial charge in [-0.3, -0.25) is 10.1 Å². The van der Waals surface area contributed by atoms with Gasteiger partial charge in [0.05, 0.1) is 20.3 Å². The van der Waals surface area contributed by atoms with E-state index in [1.165, 1.54) is 19.2 Å². The van der Waals surface area contributed by atoms with Crippen LogP contribution in [0.4, 0.5) is 10.1 Å². The second kappa shape index (κ2) is 9.68. The molecule has 0 aromatic heterocycles. The molecule has 0 aliphatic carbocycles. The first kappa shape index (κ1) is 20.4. The van der Waals surface area contributed by atoms with Gasteiger partial charge in [-0.05, 0) is 55.3 Å². The van der Waals surface area contributed by atoms with Crippen LogP contribution in [0.25, 0.3) is 0 Å². The molecule has 7 heteroatoms. The van der Waals surface area contributed by atoms with Gasteiger partial charge in [-0.1, -0.05) is 12.1 Å². The molecule has 0 fully saturated rings. The number of aryl methyl sites for hydroxylation is 1. The smallest absolute Gasteiger partial charge is 0.327 e. The van der Waals surface area contributed by atoms with Crippen molar-refractivity contribution in [3.05, 3.63) is 59.4 Å². The highest BCUT2D eigenvalue weighted by Crippen LogP contribution is 2.19. The molecular formula is C20H23FN2O4. The number of hydrogen-bond donors (Lipinski definition) is 2. The highest BCUT2D eigenvalue weighted by molar-refractivity contribution is 5.92. The Bertz CT molecular complexity index is 793. The van der Waals surface area contributed by atoms with E-state index in [2.05, 4.69) is 10.6 Å². The SMILES string of the molecule is CCOc1ccc(NC(=O)CNC(C(=O)OC)c2ccc(F)c(C)c2)cc1. The molecule has 0 aliphatic rings. The van der Waals surface area contributed by atoms with Crippen LogP contribution in [-0.4, -0.2) is 32.1 Å². The molecule has 1 unspecified atom stereocenters. The Hall–Kier alpha value is -2.93. The first-order valence-electron chi connectivity index (χ1n) is 8.54. The van der Waals surface area contributed by atoms with Crippen molar-refractivity contribution in [1.82, 2.24) is 5.32 Å². The van der Waals surface area contributed by atoms with Crippen molar-refractivity contribution in [1.29, 1.82) is 0 Å². The molecule has 2 N–H and O–H groups in total. The first-order valence-corrected chi connectivity index (χ1v) is 8.54. The number of carbonyl (C=O) groups is 2. The van der Waals surface area contributed by atoms with Gasteiger partial charge in [0.25, 0.3) is 0 Å². The number of carbonyl (C=O) groups excluding carboxylic acids is 2. The molecular weight excluding hydrogens is 351 g/mol. The molecule has 0 saturated heterocycles. The molecule has 144 valence electrons. The number of amides is 1. The molecule has 2 rings (SSSR count). The highest BCUT2D eigenvalue weighted by Gasteiger charge is 2.22. The Morgan fingerprint density at radius 2 is 1.85 bits per heavy atom. The monoisotopic (exact) mass is 374 g/mol. The summed E-state index contributed by atoms with van der Waals surface area (Å²) in [5, 5.41) is 5.58. The number of benzene rings is 2. The Kier molecular flexibility index (Phi) is 7.31. The van der Waals surface area contributed by atoms with Gasteiger partial charge in [0, 0.05) is 5.69 Å². The summed E-state index contributed by atoms with van der Waals surface area (Å²) in [6.45, 7) is 3.93. The fraction of sp³-hybridized carbons (Fsp3) is 0.300. The molecule has 0 aliphatic heterocycles. The van der Waals surface area contributed by atoms with E-state index >= 15 is 0 Å². The lowest BCUT2D eigenvalue weighted by Crippen LogP contribution is -2.35. The minimum atomic E-state index is -0.875. The number of rotatable bonds is 8.